The molecule has 2 rings (SSSR count). The van der Waals surface area contributed by atoms with Gasteiger partial charge in [-0.2, -0.15) is 13.2 Å². The summed E-state index contributed by atoms with van der Waals surface area (Å²) in [5, 5.41) is 0. The van der Waals surface area contributed by atoms with Crippen molar-refractivity contribution in [3.8, 4) is 0 Å². The highest BCUT2D eigenvalue weighted by Crippen LogP contribution is 2.23. The topological polar surface area (TPSA) is 34.1 Å². The number of rotatable bonds is 5. The quantitative estimate of drug-likeness (QED) is 0.768. The number of carbonyl (C=O) groups is 2. The van der Waals surface area contributed by atoms with E-state index in [-0.39, 0.29) is 18.6 Å². The third-order valence-corrected chi connectivity index (χ3v) is 3.79. The molecule has 114 valence electrons. The first-order chi connectivity index (χ1) is 9.88. The van der Waals surface area contributed by atoms with Crippen LogP contribution in [0.25, 0.3) is 0 Å². The minimum absolute atomic E-state index is 0.0272. The second-order valence-corrected chi connectivity index (χ2v) is 5.39. The van der Waals surface area contributed by atoms with Crippen LogP contribution in [0.5, 0.6) is 0 Å². The Kier molecular flexibility index (Phi) is 4.80. The number of ketones is 2. The largest absolute Gasteiger partial charge is 0.449 e. The van der Waals surface area contributed by atoms with E-state index in [1.165, 1.54) is 11.1 Å². The lowest BCUT2D eigenvalue weighted by molar-refractivity contribution is -0.171. The normalized spacial score (nSPS) is 14.6. The standard InChI is InChI=1S/C16H17F3O2/c17-16(18,19)15(21)7-3-6-14(20)13-9-8-11-4-1-2-5-12(11)10-13/h8-10H,1-7H2. The molecule has 0 heterocycles. The van der Waals surface area contributed by atoms with E-state index in [4.69, 9.17) is 0 Å². The summed E-state index contributed by atoms with van der Waals surface area (Å²) in [4.78, 5) is 22.7. The predicted octanol–water partition coefficient (Wildman–Crippen LogP) is 4.05. The second-order valence-electron chi connectivity index (χ2n) is 5.39. The van der Waals surface area contributed by atoms with Crippen LogP contribution >= 0.6 is 0 Å². The molecule has 0 aromatic heterocycles. The maximum absolute atomic E-state index is 12.1. The molecule has 1 aromatic rings. The smallest absolute Gasteiger partial charge is 0.294 e. The first-order valence-electron chi connectivity index (χ1n) is 7.13. The fourth-order valence-corrected chi connectivity index (χ4v) is 2.60. The molecule has 1 aromatic carbocycles. The van der Waals surface area contributed by atoms with E-state index in [0.717, 1.165) is 25.7 Å². The fourth-order valence-electron chi connectivity index (χ4n) is 2.60. The number of benzene rings is 1. The molecular formula is C16H17F3O2. The summed E-state index contributed by atoms with van der Waals surface area (Å²) in [5.74, 6) is -1.96. The van der Waals surface area contributed by atoms with Crippen molar-refractivity contribution in [3.05, 3.63) is 34.9 Å². The van der Waals surface area contributed by atoms with Gasteiger partial charge in [0.05, 0.1) is 0 Å². The number of hydrogen-bond donors (Lipinski definition) is 0. The maximum Gasteiger partial charge on any atom is 0.449 e. The van der Waals surface area contributed by atoms with Crippen LogP contribution in [0.15, 0.2) is 18.2 Å². The van der Waals surface area contributed by atoms with Crippen molar-refractivity contribution in [1.82, 2.24) is 0 Å². The van der Waals surface area contributed by atoms with Crippen LogP contribution in [0.2, 0.25) is 0 Å². The van der Waals surface area contributed by atoms with Crippen LogP contribution in [0.4, 0.5) is 13.2 Å². The van der Waals surface area contributed by atoms with E-state index in [1.54, 1.807) is 6.07 Å². The minimum Gasteiger partial charge on any atom is -0.294 e. The summed E-state index contributed by atoms with van der Waals surface area (Å²) in [6.07, 6.45) is -1.29. The molecule has 21 heavy (non-hydrogen) atoms. The fraction of sp³-hybridized carbons (Fsp3) is 0.500. The van der Waals surface area contributed by atoms with E-state index in [0.29, 0.717) is 5.56 Å². The molecule has 0 aliphatic heterocycles. The molecule has 1 aliphatic rings. The Bertz CT molecular complexity index is 547. The van der Waals surface area contributed by atoms with Crippen molar-refractivity contribution in [1.29, 1.82) is 0 Å². The van der Waals surface area contributed by atoms with Gasteiger partial charge in [0, 0.05) is 18.4 Å². The summed E-state index contributed by atoms with van der Waals surface area (Å²) >= 11 is 0. The van der Waals surface area contributed by atoms with Crippen molar-refractivity contribution in [3.63, 3.8) is 0 Å². The average molecular weight is 298 g/mol. The Hall–Kier alpha value is -1.65. The average Bonchev–Trinajstić information content (AvgIpc) is 2.45. The lowest BCUT2D eigenvalue weighted by Crippen LogP contribution is -2.22. The molecular weight excluding hydrogens is 281 g/mol. The van der Waals surface area contributed by atoms with E-state index in [2.05, 4.69) is 0 Å². The molecule has 2 nitrogen and oxygen atoms in total. The van der Waals surface area contributed by atoms with Gasteiger partial charge in [0.25, 0.3) is 0 Å². The lowest BCUT2D eigenvalue weighted by atomic mass is 9.89. The monoisotopic (exact) mass is 298 g/mol. The van der Waals surface area contributed by atoms with Crippen LogP contribution in [-0.4, -0.2) is 17.7 Å². The van der Waals surface area contributed by atoms with Gasteiger partial charge in [-0.05, 0) is 49.3 Å². The van der Waals surface area contributed by atoms with Crippen molar-refractivity contribution >= 4 is 11.6 Å². The van der Waals surface area contributed by atoms with Gasteiger partial charge in [-0.15, -0.1) is 0 Å². The maximum atomic E-state index is 12.1. The number of carbonyl (C=O) groups excluding carboxylic acids is 2. The van der Waals surface area contributed by atoms with Crippen LogP contribution < -0.4 is 0 Å². The molecule has 0 saturated heterocycles. The van der Waals surface area contributed by atoms with Crippen molar-refractivity contribution in [2.24, 2.45) is 0 Å². The van der Waals surface area contributed by atoms with Gasteiger partial charge < -0.3 is 0 Å². The number of fused-ring (bicyclic) bond motifs is 1. The minimum atomic E-state index is -4.80. The molecule has 0 radical (unpaired) electrons. The molecule has 0 fully saturated rings. The third-order valence-electron chi connectivity index (χ3n) is 3.79. The summed E-state index contributed by atoms with van der Waals surface area (Å²) in [6, 6.07) is 5.52. The highest BCUT2D eigenvalue weighted by atomic mass is 19.4. The summed E-state index contributed by atoms with van der Waals surface area (Å²) in [5.41, 5.74) is 2.96. The Morgan fingerprint density at radius 1 is 1.00 bits per heavy atom. The Balaban J connectivity index is 1.90. The SMILES string of the molecule is O=C(CCCC(=O)C(F)(F)F)c1ccc2c(c1)CCCC2. The van der Waals surface area contributed by atoms with Gasteiger partial charge in [-0.1, -0.05) is 12.1 Å². The van der Waals surface area contributed by atoms with Crippen molar-refractivity contribution in [2.75, 3.05) is 0 Å². The Morgan fingerprint density at radius 3 is 2.33 bits per heavy atom. The number of aryl methyl sites for hydroxylation is 2. The molecule has 0 saturated carbocycles. The Morgan fingerprint density at radius 2 is 1.67 bits per heavy atom. The van der Waals surface area contributed by atoms with Crippen LogP contribution in [0.1, 0.15) is 53.6 Å². The van der Waals surface area contributed by atoms with E-state index < -0.39 is 18.4 Å². The van der Waals surface area contributed by atoms with Gasteiger partial charge in [-0.3, -0.25) is 9.59 Å². The van der Waals surface area contributed by atoms with Crippen LogP contribution in [0.3, 0.4) is 0 Å². The van der Waals surface area contributed by atoms with Gasteiger partial charge in [0.1, 0.15) is 0 Å². The number of alkyl halides is 3. The van der Waals surface area contributed by atoms with E-state index in [1.807, 2.05) is 12.1 Å². The molecule has 0 atom stereocenters. The predicted molar refractivity (Wildman–Crippen MR) is 72.3 cm³/mol. The molecule has 0 unspecified atom stereocenters. The molecule has 0 N–H and O–H groups in total. The summed E-state index contributed by atoms with van der Waals surface area (Å²) in [6.45, 7) is 0. The molecule has 0 spiro atoms. The second kappa shape index (κ2) is 6.41. The zero-order chi connectivity index (χ0) is 15.5. The number of halogens is 3. The zero-order valence-corrected chi connectivity index (χ0v) is 11.6. The first-order valence-corrected chi connectivity index (χ1v) is 7.13. The molecule has 0 bridgehead atoms. The molecule has 1 aliphatic carbocycles. The van der Waals surface area contributed by atoms with Crippen LogP contribution in [0, 0.1) is 0 Å². The van der Waals surface area contributed by atoms with Crippen LogP contribution in [-0.2, 0) is 17.6 Å². The van der Waals surface area contributed by atoms with Crippen molar-refractivity contribution < 1.29 is 22.8 Å². The summed E-state index contributed by atoms with van der Waals surface area (Å²) in [7, 11) is 0. The number of Topliss-reactive ketones (excluding diaryl/α,β-unsaturated/α-hetero) is 2. The highest BCUT2D eigenvalue weighted by Gasteiger charge is 2.37. The lowest BCUT2D eigenvalue weighted by Gasteiger charge is -2.16. The Labute approximate surface area is 121 Å². The van der Waals surface area contributed by atoms with E-state index in [9.17, 15) is 22.8 Å². The zero-order valence-electron chi connectivity index (χ0n) is 11.6. The summed E-state index contributed by atoms with van der Waals surface area (Å²) < 4.78 is 36.2. The molecule has 5 heteroatoms. The number of hydrogen-bond acceptors (Lipinski definition) is 2. The van der Waals surface area contributed by atoms with E-state index >= 15 is 0 Å². The van der Waals surface area contributed by atoms with Gasteiger partial charge in [0.15, 0.2) is 5.78 Å². The first kappa shape index (κ1) is 15.7. The third kappa shape index (κ3) is 4.16. The highest BCUT2D eigenvalue weighted by molar-refractivity contribution is 5.96. The molecule has 0 amide bonds. The van der Waals surface area contributed by atoms with Gasteiger partial charge in [-0.25, -0.2) is 0 Å². The van der Waals surface area contributed by atoms with Crippen molar-refractivity contribution in [2.45, 2.75) is 51.1 Å². The van der Waals surface area contributed by atoms with Gasteiger partial charge in [0.2, 0.25) is 5.78 Å². The van der Waals surface area contributed by atoms with Gasteiger partial charge >= 0.3 is 6.18 Å².